The monoisotopic (exact) mass is 341 g/mol. The third kappa shape index (κ3) is 3.40. The van der Waals surface area contributed by atoms with E-state index in [-0.39, 0.29) is 12.1 Å². The van der Waals surface area contributed by atoms with Crippen LogP contribution in [0.5, 0.6) is 0 Å². The third-order valence-electron chi connectivity index (χ3n) is 3.72. The van der Waals surface area contributed by atoms with E-state index in [2.05, 4.69) is 21.2 Å². The molecule has 1 aliphatic heterocycles. The predicted octanol–water partition coefficient (Wildman–Crippen LogP) is 2.61. The molecule has 0 aliphatic carbocycles. The number of hydrogen-bond acceptors (Lipinski definition) is 4. The Hall–Kier alpha value is -0.910. The van der Waals surface area contributed by atoms with E-state index >= 15 is 0 Å². The molecular formula is C15H20BrNO3. The summed E-state index contributed by atoms with van der Waals surface area (Å²) in [6.45, 7) is 3.29. The van der Waals surface area contributed by atoms with Crippen LogP contribution in [0.15, 0.2) is 28.7 Å². The largest absolute Gasteiger partial charge is 0.467 e. The van der Waals surface area contributed by atoms with Gasteiger partial charge in [-0.25, -0.2) is 4.79 Å². The van der Waals surface area contributed by atoms with E-state index < -0.39 is 5.54 Å². The molecule has 0 aromatic heterocycles. The Morgan fingerprint density at radius 3 is 2.75 bits per heavy atom. The lowest BCUT2D eigenvalue weighted by Crippen LogP contribution is -2.49. The van der Waals surface area contributed by atoms with Gasteiger partial charge in [-0.15, -0.1) is 0 Å². The SMILES string of the molecule is COC(=O)C(C)(NCC1CCCO1)c1ccc(Br)cc1. The molecule has 1 heterocycles. The van der Waals surface area contributed by atoms with Gasteiger partial charge in [0.05, 0.1) is 13.2 Å². The van der Waals surface area contributed by atoms with E-state index in [0.29, 0.717) is 6.54 Å². The fraction of sp³-hybridized carbons (Fsp3) is 0.533. The molecule has 0 spiro atoms. The van der Waals surface area contributed by atoms with Crippen LogP contribution in [-0.2, 0) is 19.8 Å². The van der Waals surface area contributed by atoms with Crippen molar-refractivity contribution in [1.29, 1.82) is 0 Å². The first kappa shape index (κ1) is 15.5. The Kier molecular flexibility index (Phi) is 5.18. The van der Waals surface area contributed by atoms with Gasteiger partial charge in [-0.2, -0.15) is 0 Å². The minimum Gasteiger partial charge on any atom is -0.467 e. The summed E-state index contributed by atoms with van der Waals surface area (Å²) < 4.78 is 11.5. The highest BCUT2D eigenvalue weighted by atomic mass is 79.9. The number of carbonyl (C=O) groups excluding carboxylic acids is 1. The zero-order valence-corrected chi connectivity index (χ0v) is 13.4. The summed E-state index contributed by atoms with van der Waals surface area (Å²) in [4.78, 5) is 12.2. The van der Waals surface area contributed by atoms with Crippen molar-refractivity contribution in [1.82, 2.24) is 5.32 Å². The van der Waals surface area contributed by atoms with E-state index in [9.17, 15) is 4.79 Å². The van der Waals surface area contributed by atoms with Gasteiger partial charge in [0, 0.05) is 17.6 Å². The molecule has 110 valence electrons. The topological polar surface area (TPSA) is 47.6 Å². The first-order valence-corrected chi connectivity index (χ1v) is 7.56. The molecule has 1 aromatic rings. The highest BCUT2D eigenvalue weighted by Gasteiger charge is 2.36. The number of carbonyl (C=O) groups is 1. The van der Waals surface area contributed by atoms with Gasteiger partial charge in [0.25, 0.3) is 0 Å². The number of methoxy groups -OCH3 is 1. The minimum absolute atomic E-state index is 0.175. The summed E-state index contributed by atoms with van der Waals surface area (Å²) in [5.41, 5.74) is 0.0204. The molecule has 1 fully saturated rings. The second-order valence-electron chi connectivity index (χ2n) is 5.14. The number of esters is 1. The molecule has 0 bridgehead atoms. The van der Waals surface area contributed by atoms with Crippen LogP contribution in [-0.4, -0.2) is 32.3 Å². The van der Waals surface area contributed by atoms with Crippen molar-refractivity contribution in [2.24, 2.45) is 0 Å². The summed E-state index contributed by atoms with van der Waals surface area (Å²) >= 11 is 3.40. The van der Waals surface area contributed by atoms with Gasteiger partial charge in [0.1, 0.15) is 5.54 Å². The molecule has 1 aliphatic rings. The number of ether oxygens (including phenoxy) is 2. The van der Waals surface area contributed by atoms with Gasteiger partial charge in [-0.1, -0.05) is 28.1 Å². The van der Waals surface area contributed by atoms with E-state index in [1.165, 1.54) is 7.11 Å². The van der Waals surface area contributed by atoms with Crippen molar-refractivity contribution in [3.05, 3.63) is 34.3 Å². The molecule has 1 N–H and O–H groups in total. The van der Waals surface area contributed by atoms with Crippen molar-refractivity contribution >= 4 is 21.9 Å². The van der Waals surface area contributed by atoms with Crippen molar-refractivity contribution in [2.45, 2.75) is 31.4 Å². The van der Waals surface area contributed by atoms with Crippen LogP contribution in [0.25, 0.3) is 0 Å². The predicted molar refractivity (Wildman–Crippen MR) is 80.5 cm³/mol. The van der Waals surface area contributed by atoms with Gasteiger partial charge in [0.15, 0.2) is 0 Å². The maximum atomic E-state index is 12.2. The number of rotatable bonds is 5. The van der Waals surface area contributed by atoms with E-state index in [4.69, 9.17) is 9.47 Å². The lowest BCUT2D eigenvalue weighted by molar-refractivity contribution is -0.148. The van der Waals surface area contributed by atoms with Crippen LogP contribution in [0.2, 0.25) is 0 Å². The minimum atomic E-state index is -0.860. The van der Waals surface area contributed by atoms with Crippen LogP contribution in [0, 0.1) is 0 Å². The van der Waals surface area contributed by atoms with Crippen molar-refractivity contribution in [3.8, 4) is 0 Å². The second kappa shape index (κ2) is 6.70. The first-order chi connectivity index (χ1) is 9.56. The smallest absolute Gasteiger partial charge is 0.330 e. The zero-order chi connectivity index (χ0) is 14.6. The van der Waals surface area contributed by atoms with Gasteiger partial charge in [0.2, 0.25) is 0 Å². The average molecular weight is 342 g/mol. The molecule has 1 aromatic carbocycles. The maximum absolute atomic E-state index is 12.2. The molecule has 0 saturated carbocycles. The van der Waals surface area contributed by atoms with Crippen LogP contribution in [0.4, 0.5) is 0 Å². The summed E-state index contributed by atoms with van der Waals surface area (Å²) in [5.74, 6) is -0.294. The number of hydrogen-bond donors (Lipinski definition) is 1. The van der Waals surface area contributed by atoms with Gasteiger partial charge in [-0.3, -0.25) is 5.32 Å². The quantitative estimate of drug-likeness (QED) is 0.836. The summed E-state index contributed by atoms with van der Waals surface area (Å²) in [6.07, 6.45) is 2.29. The molecular weight excluding hydrogens is 322 g/mol. The highest BCUT2D eigenvalue weighted by molar-refractivity contribution is 9.10. The molecule has 1 saturated heterocycles. The molecule has 0 radical (unpaired) electrons. The Labute approximate surface area is 128 Å². The van der Waals surface area contributed by atoms with E-state index in [1.54, 1.807) is 0 Å². The molecule has 4 nitrogen and oxygen atoms in total. The molecule has 5 heteroatoms. The van der Waals surface area contributed by atoms with Crippen molar-refractivity contribution in [3.63, 3.8) is 0 Å². The molecule has 2 unspecified atom stereocenters. The highest BCUT2D eigenvalue weighted by Crippen LogP contribution is 2.25. The fourth-order valence-corrected chi connectivity index (χ4v) is 2.67. The van der Waals surface area contributed by atoms with Gasteiger partial charge in [-0.05, 0) is 37.5 Å². The van der Waals surface area contributed by atoms with Crippen molar-refractivity contribution in [2.75, 3.05) is 20.3 Å². The summed E-state index contributed by atoms with van der Waals surface area (Å²) in [6, 6.07) is 7.68. The van der Waals surface area contributed by atoms with Crippen LogP contribution >= 0.6 is 15.9 Å². The number of benzene rings is 1. The Balaban J connectivity index is 2.15. The second-order valence-corrected chi connectivity index (χ2v) is 6.06. The number of nitrogens with one attached hydrogen (secondary N) is 1. The third-order valence-corrected chi connectivity index (χ3v) is 4.25. The summed E-state index contributed by atoms with van der Waals surface area (Å²) in [7, 11) is 1.41. The average Bonchev–Trinajstić information content (AvgIpc) is 2.98. The zero-order valence-electron chi connectivity index (χ0n) is 11.8. The number of halogens is 1. The van der Waals surface area contributed by atoms with Gasteiger partial charge < -0.3 is 9.47 Å². The Morgan fingerprint density at radius 2 is 2.20 bits per heavy atom. The van der Waals surface area contributed by atoms with E-state index in [1.807, 2.05) is 31.2 Å². The molecule has 2 rings (SSSR count). The van der Waals surface area contributed by atoms with Gasteiger partial charge >= 0.3 is 5.97 Å². The van der Waals surface area contributed by atoms with Crippen molar-refractivity contribution < 1.29 is 14.3 Å². The van der Waals surface area contributed by atoms with Crippen LogP contribution in [0.3, 0.4) is 0 Å². The summed E-state index contributed by atoms with van der Waals surface area (Å²) in [5, 5.41) is 3.31. The maximum Gasteiger partial charge on any atom is 0.330 e. The standard InChI is InChI=1S/C15H20BrNO3/c1-15(14(18)19-2,11-5-7-12(16)8-6-11)17-10-13-4-3-9-20-13/h5-8,13,17H,3-4,9-10H2,1-2H3. The van der Waals surface area contributed by atoms with E-state index in [0.717, 1.165) is 29.5 Å². The van der Waals surface area contributed by atoms with Crippen LogP contribution < -0.4 is 5.32 Å². The Morgan fingerprint density at radius 1 is 1.50 bits per heavy atom. The molecule has 0 amide bonds. The lowest BCUT2D eigenvalue weighted by Gasteiger charge is -2.29. The first-order valence-electron chi connectivity index (χ1n) is 6.77. The normalized spacial score (nSPS) is 21.4. The molecule has 2 atom stereocenters. The molecule has 20 heavy (non-hydrogen) atoms. The fourth-order valence-electron chi connectivity index (χ4n) is 2.40. The Bertz CT molecular complexity index is 457. The lowest BCUT2D eigenvalue weighted by atomic mass is 9.91. The van der Waals surface area contributed by atoms with Crippen LogP contribution in [0.1, 0.15) is 25.3 Å².